The minimum absolute atomic E-state index is 0.0167. The summed E-state index contributed by atoms with van der Waals surface area (Å²) in [5.41, 5.74) is 2.10. The summed E-state index contributed by atoms with van der Waals surface area (Å²) in [5.74, 6) is 0.592. The van der Waals surface area contributed by atoms with Gasteiger partial charge in [-0.3, -0.25) is 19.4 Å². The molecular formula is C22H36N4O2. The largest absolute Gasteiger partial charge is 0.355 e. The fourth-order valence-corrected chi connectivity index (χ4v) is 3.34. The topological polar surface area (TPSA) is 64.7 Å². The Kier molecular flexibility index (Phi) is 8.93. The average molecular weight is 389 g/mol. The molecule has 2 N–H and O–H groups in total. The monoisotopic (exact) mass is 388 g/mol. The minimum Gasteiger partial charge on any atom is -0.355 e. The van der Waals surface area contributed by atoms with Crippen LogP contribution in [-0.2, 0) is 9.59 Å². The van der Waals surface area contributed by atoms with Gasteiger partial charge in [0.2, 0.25) is 11.8 Å². The fourth-order valence-electron chi connectivity index (χ4n) is 3.34. The Morgan fingerprint density at radius 3 is 2.25 bits per heavy atom. The predicted molar refractivity (Wildman–Crippen MR) is 115 cm³/mol. The molecule has 156 valence electrons. The van der Waals surface area contributed by atoms with Gasteiger partial charge in [-0.05, 0) is 37.0 Å². The first-order valence-corrected chi connectivity index (χ1v) is 10.5. The molecule has 1 aromatic rings. The number of benzene rings is 1. The van der Waals surface area contributed by atoms with Crippen molar-refractivity contribution in [3.63, 3.8) is 0 Å². The number of amides is 2. The Balaban J connectivity index is 1.75. The third-order valence-corrected chi connectivity index (χ3v) is 5.40. The molecule has 0 saturated carbocycles. The lowest BCUT2D eigenvalue weighted by molar-refractivity contribution is -0.124. The second kappa shape index (κ2) is 11.2. The van der Waals surface area contributed by atoms with Crippen molar-refractivity contribution in [1.29, 1.82) is 0 Å². The van der Waals surface area contributed by atoms with Crippen molar-refractivity contribution in [2.45, 2.75) is 52.5 Å². The number of rotatable bonds is 9. The Morgan fingerprint density at radius 2 is 1.68 bits per heavy atom. The first-order valence-electron chi connectivity index (χ1n) is 10.5. The van der Waals surface area contributed by atoms with Crippen molar-refractivity contribution in [3.8, 4) is 0 Å². The number of hydrogen-bond acceptors (Lipinski definition) is 4. The average Bonchev–Trinajstić information content (AvgIpc) is 2.68. The van der Waals surface area contributed by atoms with E-state index in [1.165, 1.54) is 5.56 Å². The SMILES string of the molecule is CCCCNC(=O)CN1CCN([C@@H](C)C(=O)Nc2ccc(C(C)C)cc2)CC1. The summed E-state index contributed by atoms with van der Waals surface area (Å²) in [7, 11) is 0. The standard InChI is InChI=1S/C22H36N4O2/c1-5-6-11-23-21(27)16-25-12-14-26(15-13-25)18(4)22(28)24-20-9-7-19(8-10-20)17(2)3/h7-10,17-18H,5-6,11-16H2,1-4H3,(H,23,27)(H,24,28)/t18-/m0/s1. The number of nitrogens with one attached hydrogen (secondary N) is 2. The number of nitrogens with zero attached hydrogens (tertiary/aromatic N) is 2. The van der Waals surface area contributed by atoms with Gasteiger partial charge in [-0.2, -0.15) is 0 Å². The summed E-state index contributed by atoms with van der Waals surface area (Å²) in [4.78, 5) is 28.9. The van der Waals surface area contributed by atoms with Crippen molar-refractivity contribution < 1.29 is 9.59 Å². The number of carbonyl (C=O) groups is 2. The predicted octanol–water partition coefficient (Wildman–Crippen LogP) is 2.67. The highest BCUT2D eigenvalue weighted by Crippen LogP contribution is 2.17. The van der Waals surface area contributed by atoms with Crippen molar-refractivity contribution in [1.82, 2.24) is 15.1 Å². The van der Waals surface area contributed by atoms with Crippen molar-refractivity contribution >= 4 is 17.5 Å². The fraction of sp³-hybridized carbons (Fsp3) is 0.636. The van der Waals surface area contributed by atoms with Gasteiger partial charge in [0.1, 0.15) is 0 Å². The maximum atomic E-state index is 12.6. The molecule has 1 atom stereocenters. The maximum Gasteiger partial charge on any atom is 0.241 e. The molecule has 28 heavy (non-hydrogen) atoms. The summed E-state index contributed by atoms with van der Waals surface area (Å²) in [5, 5.41) is 5.98. The van der Waals surface area contributed by atoms with E-state index >= 15 is 0 Å². The van der Waals surface area contributed by atoms with Gasteiger partial charge in [0.15, 0.2) is 0 Å². The van der Waals surface area contributed by atoms with E-state index in [1.54, 1.807) is 0 Å². The zero-order chi connectivity index (χ0) is 20.5. The number of piperazine rings is 1. The van der Waals surface area contributed by atoms with E-state index in [0.717, 1.165) is 51.3 Å². The van der Waals surface area contributed by atoms with E-state index in [0.29, 0.717) is 12.5 Å². The first kappa shape index (κ1) is 22.4. The van der Waals surface area contributed by atoms with E-state index in [4.69, 9.17) is 0 Å². The van der Waals surface area contributed by atoms with Crippen LogP contribution in [0, 0.1) is 0 Å². The first-order chi connectivity index (χ1) is 13.4. The van der Waals surface area contributed by atoms with E-state index in [9.17, 15) is 9.59 Å². The molecule has 0 aromatic heterocycles. The molecule has 1 aromatic carbocycles. The molecule has 0 radical (unpaired) electrons. The van der Waals surface area contributed by atoms with E-state index in [-0.39, 0.29) is 17.9 Å². The molecule has 2 amide bonds. The van der Waals surface area contributed by atoms with Crippen LogP contribution in [0.3, 0.4) is 0 Å². The van der Waals surface area contributed by atoms with Crippen LogP contribution in [0.2, 0.25) is 0 Å². The molecular weight excluding hydrogens is 352 g/mol. The smallest absolute Gasteiger partial charge is 0.241 e. The molecule has 1 heterocycles. The highest BCUT2D eigenvalue weighted by Gasteiger charge is 2.26. The van der Waals surface area contributed by atoms with Crippen molar-refractivity contribution in [2.75, 3.05) is 44.6 Å². The number of anilines is 1. The van der Waals surface area contributed by atoms with Crippen LogP contribution < -0.4 is 10.6 Å². The van der Waals surface area contributed by atoms with Crippen LogP contribution in [0.4, 0.5) is 5.69 Å². The molecule has 1 fully saturated rings. The van der Waals surface area contributed by atoms with Crippen LogP contribution in [0.15, 0.2) is 24.3 Å². The third kappa shape index (κ3) is 6.91. The van der Waals surface area contributed by atoms with Gasteiger partial charge >= 0.3 is 0 Å². The molecule has 0 unspecified atom stereocenters. The van der Waals surface area contributed by atoms with Gasteiger partial charge in [0, 0.05) is 38.4 Å². The second-order valence-electron chi connectivity index (χ2n) is 7.96. The summed E-state index contributed by atoms with van der Waals surface area (Å²) in [6.45, 7) is 12.8. The van der Waals surface area contributed by atoms with Crippen LogP contribution >= 0.6 is 0 Å². The summed E-state index contributed by atoms with van der Waals surface area (Å²) in [6, 6.07) is 7.87. The van der Waals surface area contributed by atoms with Gasteiger partial charge in [0.25, 0.3) is 0 Å². The summed E-state index contributed by atoms with van der Waals surface area (Å²) < 4.78 is 0. The van der Waals surface area contributed by atoms with Gasteiger partial charge in [-0.1, -0.05) is 39.3 Å². The molecule has 0 aliphatic carbocycles. The quantitative estimate of drug-likeness (QED) is 0.639. The Hall–Kier alpha value is -1.92. The minimum atomic E-state index is -0.190. The third-order valence-electron chi connectivity index (χ3n) is 5.40. The van der Waals surface area contributed by atoms with Crippen molar-refractivity contribution in [2.24, 2.45) is 0 Å². The van der Waals surface area contributed by atoms with Gasteiger partial charge in [-0.15, -0.1) is 0 Å². The second-order valence-corrected chi connectivity index (χ2v) is 7.96. The van der Waals surface area contributed by atoms with Crippen LogP contribution in [-0.4, -0.2) is 66.9 Å². The molecule has 6 nitrogen and oxygen atoms in total. The van der Waals surface area contributed by atoms with Crippen LogP contribution in [0.1, 0.15) is 52.0 Å². The lowest BCUT2D eigenvalue weighted by atomic mass is 10.0. The van der Waals surface area contributed by atoms with Gasteiger partial charge in [-0.25, -0.2) is 0 Å². The van der Waals surface area contributed by atoms with Crippen LogP contribution in [0.25, 0.3) is 0 Å². The molecule has 1 aliphatic rings. The molecule has 6 heteroatoms. The van der Waals surface area contributed by atoms with Crippen LogP contribution in [0.5, 0.6) is 0 Å². The Labute approximate surface area is 169 Å². The zero-order valence-electron chi connectivity index (χ0n) is 17.8. The highest BCUT2D eigenvalue weighted by molar-refractivity contribution is 5.94. The maximum absolute atomic E-state index is 12.6. The summed E-state index contributed by atoms with van der Waals surface area (Å²) in [6.07, 6.45) is 2.10. The van der Waals surface area contributed by atoms with Gasteiger partial charge in [0.05, 0.1) is 12.6 Å². The molecule has 0 bridgehead atoms. The highest BCUT2D eigenvalue weighted by atomic mass is 16.2. The zero-order valence-corrected chi connectivity index (χ0v) is 17.8. The molecule has 1 saturated heterocycles. The Morgan fingerprint density at radius 1 is 1.04 bits per heavy atom. The van der Waals surface area contributed by atoms with E-state index in [2.05, 4.69) is 53.3 Å². The van der Waals surface area contributed by atoms with E-state index in [1.807, 2.05) is 19.1 Å². The number of hydrogen-bond donors (Lipinski definition) is 2. The summed E-state index contributed by atoms with van der Waals surface area (Å²) >= 11 is 0. The van der Waals surface area contributed by atoms with E-state index < -0.39 is 0 Å². The lowest BCUT2D eigenvalue weighted by Crippen LogP contribution is -2.54. The number of unbranched alkanes of at least 4 members (excludes halogenated alkanes) is 1. The normalized spacial score (nSPS) is 16.8. The number of carbonyl (C=O) groups excluding carboxylic acids is 2. The molecule has 2 rings (SSSR count). The molecule has 0 spiro atoms. The van der Waals surface area contributed by atoms with Gasteiger partial charge < -0.3 is 10.6 Å². The lowest BCUT2D eigenvalue weighted by Gasteiger charge is -2.37. The Bertz CT molecular complexity index is 622. The molecule has 1 aliphatic heterocycles. The van der Waals surface area contributed by atoms with Crippen molar-refractivity contribution in [3.05, 3.63) is 29.8 Å².